The Morgan fingerprint density at radius 2 is 1.82 bits per heavy atom. The molecule has 28 heavy (non-hydrogen) atoms. The van der Waals surface area contributed by atoms with Crippen LogP contribution in [0.3, 0.4) is 0 Å². The molecule has 1 saturated heterocycles. The number of ether oxygens (including phenoxy) is 1. The van der Waals surface area contributed by atoms with Gasteiger partial charge in [0.2, 0.25) is 15.9 Å². The van der Waals surface area contributed by atoms with Gasteiger partial charge in [-0.1, -0.05) is 36.4 Å². The van der Waals surface area contributed by atoms with Crippen molar-refractivity contribution in [2.75, 3.05) is 20.2 Å². The number of amides is 1. The molecule has 2 aromatic carbocycles. The van der Waals surface area contributed by atoms with E-state index in [1.807, 2.05) is 31.2 Å². The predicted octanol–water partition coefficient (Wildman–Crippen LogP) is 2.97. The predicted molar refractivity (Wildman–Crippen MR) is 107 cm³/mol. The van der Waals surface area contributed by atoms with Crippen LogP contribution in [0.25, 0.3) is 0 Å². The van der Waals surface area contributed by atoms with Crippen molar-refractivity contribution in [3.63, 3.8) is 0 Å². The Labute approximate surface area is 166 Å². The average molecular weight is 403 g/mol. The molecule has 1 fully saturated rings. The van der Waals surface area contributed by atoms with Crippen molar-refractivity contribution < 1.29 is 17.9 Å². The number of nitrogens with zero attached hydrogens (tertiary/aromatic N) is 1. The van der Waals surface area contributed by atoms with Gasteiger partial charge in [-0.15, -0.1) is 0 Å². The van der Waals surface area contributed by atoms with Crippen LogP contribution < -0.4 is 10.1 Å². The van der Waals surface area contributed by atoms with Gasteiger partial charge in [-0.25, -0.2) is 8.42 Å². The van der Waals surface area contributed by atoms with E-state index in [4.69, 9.17) is 4.74 Å². The minimum atomic E-state index is -3.59. The zero-order valence-corrected chi connectivity index (χ0v) is 17.0. The third-order valence-electron chi connectivity index (χ3n) is 5.10. The topological polar surface area (TPSA) is 75.7 Å². The highest BCUT2D eigenvalue weighted by molar-refractivity contribution is 7.89. The van der Waals surface area contributed by atoms with Crippen LogP contribution in [-0.4, -0.2) is 38.8 Å². The van der Waals surface area contributed by atoms with E-state index in [1.165, 1.54) is 4.31 Å². The number of benzene rings is 2. The van der Waals surface area contributed by atoms with Crippen LogP contribution >= 0.6 is 0 Å². The number of hydrogen-bond donors (Lipinski definition) is 1. The molecule has 0 radical (unpaired) electrons. The first kappa shape index (κ1) is 20.4. The molecule has 1 aliphatic heterocycles. The minimum Gasteiger partial charge on any atom is -0.496 e. The lowest BCUT2D eigenvalue weighted by Gasteiger charge is -2.32. The smallest absolute Gasteiger partial charge is 0.243 e. The standard InChI is InChI=1S/C21H26N2O4S/c1-16(19-12-6-7-13-20(19)27-2)22-21(24)17-9-8-14-23(15-17)28(25,26)18-10-4-3-5-11-18/h3-7,10-13,16-17H,8-9,14-15H2,1-2H3,(H,22,24)/t16-,17-/m1/s1. The van der Waals surface area contributed by atoms with E-state index < -0.39 is 10.0 Å². The average Bonchev–Trinajstić information content (AvgIpc) is 2.74. The largest absolute Gasteiger partial charge is 0.496 e. The highest BCUT2D eigenvalue weighted by Gasteiger charge is 2.33. The summed E-state index contributed by atoms with van der Waals surface area (Å²) in [4.78, 5) is 13.1. The zero-order chi connectivity index (χ0) is 20.1. The summed E-state index contributed by atoms with van der Waals surface area (Å²) in [5.41, 5.74) is 0.892. The second-order valence-corrected chi connectivity index (χ2v) is 8.93. The Kier molecular flexibility index (Phi) is 6.36. The van der Waals surface area contributed by atoms with E-state index >= 15 is 0 Å². The number of rotatable bonds is 6. The Bertz CT molecular complexity index is 915. The number of carbonyl (C=O) groups is 1. The van der Waals surface area contributed by atoms with Crippen molar-refractivity contribution in [2.24, 2.45) is 5.92 Å². The number of nitrogens with one attached hydrogen (secondary N) is 1. The SMILES string of the molecule is COc1ccccc1[C@@H](C)NC(=O)[C@@H]1CCCN(S(=O)(=O)c2ccccc2)C1. The van der Waals surface area contributed by atoms with Gasteiger partial charge in [-0.3, -0.25) is 4.79 Å². The van der Waals surface area contributed by atoms with Crippen molar-refractivity contribution >= 4 is 15.9 Å². The van der Waals surface area contributed by atoms with Crippen LogP contribution in [0.1, 0.15) is 31.4 Å². The summed E-state index contributed by atoms with van der Waals surface area (Å²) >= 11 is 0. The number of piperidine rings is 1. The molecule has 0 bridgehead atoms. The summed E-state index contributed by atoms with van der Waals surface area (Å²) in [6.45, 7) is 2.53. The summed E-state index contributed by atoms with van der Waals surface area (Å²) in [5.74, 6) is 0.211. The molecule has 1 amide bonds. The molecule has 0 aromatic heterocycles. The molecule has 150 valence electrons. The maximum Gasteiger partial charge on any atom is 0.243 e. The Hall–Kier alpha value is -2.38. The van der Waals surface area contributed by atoms with Gasteiger partial charge in [0.1, 0.15) is 5.75 Å². The van der Waals surface area contributed by atoms with Crippen molar-refractivity contribution in [3.05, 3.63) is 60.2 Å². The summed E-state index contributed by atoms with van der Waals surface area (Å²) in [6, 6.07) is 15.7. The molecular weight excluding hydrogens is 376 g/mol. The Balaban J connectivity index is 1.69. The van der Waals surface area contributed by atoms with Crippen LogP contribution in [0.5, 0.6) is 5.75 Å². The lowest BCUT2D eigenvalue weighted by atomic mass is 9.97. The van der Waals surface area contributed by atoms with Gasteiger partial charge in [0.25, 0.3) is 0 Å². The maximum atomic E-state index is 12.9. The lowest BCUT2D eigenvalue weighted by Crippen LogP contribution is -2.45. The molecule has 1 N–H and O–H groups in total. The van der Waals surface area contributed by atoms with Crippen LogP contribution in [0.15, 0.2) is 59.5 Å². The number of sulfonamides is 1. The number of methoxy groups -OCH3 is 1. The normalized spacial score (nSPS) is 19.0. The Morgan fingerprint density at radius 1 is 1.14 bits per heavy atom. The van der Waals surface area contributed by atoms with E-state index in [0.717, 1.165) is 5.56 Å². The molecule has 1 aliphatic rings. The number of hydrogen-bond acceptors (Lipinski definition) is 4. The van der Waals surface area contributed by atoms with Gasteiger partial charge >= 0.3 is 0 Å². The Morgan fingerprint density at radius 3 is 2.54 bits per heavy atom. The number of carbonyl (C=O) groups excluding carboxylic acids is 1. The van der Waals surface area contributed by atoms with Crippen LogP contribution in [0.2, 0.25) is 0 Å². The molecule has 0 aliphatic carbocycles. The minimum absolute atomic E-state index is 0.133. The van der Waals surface area contributed by atoms with Crippen molar-refractivity contribution in [2.45, 2.75) is 30.7 Å². The summed E-state index contributed by atoms with van der Waals surface area (Å²) < 4.78 is 32.5. The van der Waals surface area contributed by atoms with E-state index in [2.05, 4.69) is 5.32 Å². The highest BCUT2D eigenvalue weighted by Crippen LogP contribution is 2.27. The zero-order valence-electron chi connectivity index (χ0n) is 16.2. The first-order valence-corrected chi connectivity index (χ1v) is 10.9. The second kappa shape index (κ2) is 8.75. The lowest BCUT2D eigenvalue weighted by molar-refractivity contribution is -0.126. The molecule has 0 spiro atoms. The van der Waals surface area contributed by atoms with E-state index in [-0.39, 0.29) is 29.3 Å². The molecule has 1 heterocycles. The molecule has 3 rings (SSSR count). The molecule has 0 saturated carbocycles. The maximum absolute atomic E-state index is 12.9. The first-order valence-electron chi connectivity index (χ1n) is 9.42. The van der Waals surface area contributed by atoms with E-state index in [1.54, 1.807) is 37.4 Å². The summed E-state index contributed by atoms with van der Waals surface area (Å²) in [6.07, 6.45) is 1.33. The second-order valence-electron chi connectivity index (χ2n) is 6.99. The van der Waals surface area contributed by atoms with Crippen LogP contribution in [0.4, 0.5) is 0 Å². The van der Waals surface area contributed by atoms with Crippen molar-refractivity contribution in [1.82, 2.24) is 9.62 Å². The van der Waals surface area contributed by atoms with Gasteiger partial charge in [0.05, 0.1) is 24.0 Å². The van der Waals surface area contributed by atoms with Gasteiger partial charge < -0.3 is 10.1 Å². The summed E-state index contributed by atoms with van der Waals surface area (Å²) in [5, 5.41) is 3.01. The van der Waals surface area contributed by atoms with Crippen LogP contribution in [0, 0.1) is 5.92 Å². The van der Waals surface area contributed by atoms with Gasteiger partial charge in [0, 0.05) is 18.7 Å². The fourth-order valence-corrected chi connectivity index (χ4v) is 5.09. The molecule has 6 nitrogen and oxygen atoms in total. The molecule has 2 aromatic rings. The number of para-hydroxylation sites is 1. The molecule has 2 atom stereocenters. The summed E-state index contributed by atoms with van der Waals surface area (Å²) in [7, 11) is -1.99. The molecule has 0 unspecified atom stereocenters. The van der Waals surface area contributed by atoms with Gasteiger partial charge in [-0.05, 0) is 38.0 Å². The van der Waals surface area contributed by atoms with Crippen molar-refractivity contribution in [1.29, 1.82) is 0 Å². The fourth-order valence-electron chi connectivity index (χ4n) is 3.55. The van der Waals surface area contributed by atoms with Gasteiger partial charge in [-0.2, -0.15) is 4.31 Å². The highest BCUT2D eigenvalue weighted by atomic mass is 32.2. The van der Waals surface area contributed by atoms with E-state index in [9.17, 15) is 13.2 Å². The van der Waals surface area contributed by atoms with E-state index in [0.29, 0.717) is 25.1 Å². The quantitative estimate of drug-likeness (QED) is 0.806. The van der Waals surface area contributed by atoms with Crippen molar-refractivity contribution in [3.8, 4) is 5.75 Å². The first-order chi connectivity index (χ1) is 13.4. The molecular formula is C21H26N2O4S. The monoisotopic (exact) mass is 402 g/mol. The molecule has 7 heteroatoms. The third kappa shape index (κ3) is 4.36. The van der Waals surface area contributed by atoms with Crippen LogP contribution in [-0.2, 0) is 14.8 Å². The van der Waals surface area contributed by atoms with Gasteiger partial charge in [0.15, 0.2) is 0 Å². The third-order valence-corrected chi connectivity index (χ3v) is 6.98. The fraction of sp³-hybridized carbons (Fsp3) is 0.381.